The zero-order valence-electron chi connectivity index (χ0n) is 20.0. The Hall–Kier alpha value is -1.93. The molecule has 0 unspecified atom stereocenters. The van der Waals surface area contributed by atoms with Gasteiger partial charge in [0, 0.05) is 21.7 Å². The van der Waals surface area contributed by atoms with E-state index in [2.05, 4.69) is 66.0 Å². The van der Waals surface area contributed by atoms with E-state index in [1.54, 1.807) is 0 Å². The maximum atomic E-state index is 2.99. The van der Waals surface area contributed by atoms with Gasteiger partial charge in [-0.05, 0) is 25.2 Å². The van der Waals surface area contributed by atoms with E-state index in [1.807, 2.05) is 62.6 Å². The summed E-state index contributed by atoms with van der Waals surface area (Å²) in [6, 6.07) is 20.6. The zero-order chi connectivity index (χ0) is 17.3. The molecule has 1 nitrogen and oxygen atoms in total. The average molecular weight is 440 g/mol. The van der Waals surface area contributed by atoms with E-state index in [-0.39, 0.29) is 58.9 Å². The first-order valence-electron chi connectivity index (χ1n) is 8.12. The van der Waals surface area contributed by atoms with E-state index >= 15 is 0 Å². The van der Waals surface area contributed by atoms with Gasteiger partial charge in [0.25, 0.3) is 0 Å². The molecule has 2 aromatic rings. The van der Waals surface area contributed by atoms with Crippen molar-refractivity contribution in [3.63, 3.8) is 0 Å². The second-order valence-electron chi connectivity index (χ2n) is 5.04. The number of allylic oxidation sites excluding steroid dienone is 6. The maximum absolute atomic E-state index is 2.99. The van der Waals surface area contributed by atoms with E-state index < -0.39 is 0 Å². The molecule has 0 saturated carbocycles. The van der Waals surface area contributed by atoms with Gasteiger partial charge >= 0.3 is 0 Å². The Labute approximate surface area is 204 Å². The Morgan fingerprint density at radius 3 is 1.30 bits per heavy atom. The smallest absolute Gasteiger partial charge is 0 e. The van der Waals surface area contributed by atoms with Gasteiger partial charge in [-0.15, -0.1) is 6.42 Å². The first-order valence-corrected chi connectivity index (χ1v) is 8.12. The summed E-state index contributed by atoms with van der Waals surface area (Å²) in [5, 5.41) is 2.75. The van der Waals surface area contributed by atoms with Gasteiger partial charge in [0.1, 0.15) is 0 Å². The third kappa shape index (κ3) is 24.1. The Balaban J connectivity index is -0.0000000893. The standard InChI is InChI=1S/C16H14.C5H5.C2H7N.5CH3.Ti/c1-3-9-15(10-4-1)13-7-8-14-16-11-5-2-6-12-16;1-2-4-5-3-1;1-3-2;;;;;;/h1-14H;1-3H,4H2;3H,1-2H3;5*1H3;/q;-1;;5*-1;. The summed E-state index contributed by atoms with van der Waals surface area (Å²) in [7, 11) is 3.75. The number of hydrogen-bond donors (Lipinski definition) is 1. The van der Waals surface area contributed by atoms with Crippen LogP contribution in [0.15, 0.2) is 91.0 Å². The predicted molar refractivity (Wildman–Crippen MR) is 140 cm³/mol. The van der Waals surface area contributed by atoms with E-state index in [1.165, 1.54) is 11.1 Å². The average Bonchev–Trinajstić information content (AvgIpc) is 3.21. The van der Waals surface area contributed by atoms with Crippen LogP contribution in [-0.4, -0.2) is 14.1 Å². The van der Waals surface area contributed by atoms with Crippen molar-refractivity contribution in [1.82, 2.24) is 5.32 Å². The van der Waals surface area contributed by atoms with Crippen LogP contribution in [0.1, 0.15) is 17.5 Å². The van der Waals surface area contributed by atoms with Gasteiger partial charge in [0.05, 0.1) is 0 Å². The second-order valence-corrected chi connectivity index (χ2v) is 5.04. The van der Waals surface area contributed by atoms with Gasteiger partial charge in [-0.3, -0.25) is 6.08 Å². The van der Waals surface area contributed by atoms with Gasteiger partial charge in [0.2, 0.25) is 0 Å². The number of nitrogens with one attached hydrogen (secondary N) is 1. The van der Waals surface area contributed by atoms with E-state index in [9.17, 15) is 0 Å². The molecule has 1 N–H and O–H groups in total. The molecule has 0 aliphatic heterocycles. The van der Waals surface area contributed by atoms with Crippen molar-refractivity contribution in [2.75, 3.05) is 14.1 Å². The third-order valence-corrected chi connectivity index (χ3v) is 2.87. The largest absolute Gasteiger partial charge is 0.358 e. The summed E-state index contributed by atoms with van der Waals surface area (Å²) >= 11 is 0. The summed E-state index contributed by atoms with van der Waals surface area (Å²) < 4.78 is 0. The minimum absolute atomic E-state index is 0. The van der Waals surface area contributed by atoms with Gasteiger partial charge in [-0.1, -0.05) is 85.0 Å². The van der Waals surface area contributed by atoms with E-state index in [0.29, 0.717) is 0 Å². The third-order valence-electron chi connectivity index (χ3n) is 2.87. The molecule has 0 heterocycles. The van der Waals surface area contributed by atoms with Crippen molar-refractivity contribution >= 4 is 12.2 Å². The minimum atomic E-state index is 0. The SMILES string of the molecule is C(C=Cc1ccccc1)=Cc1ccccc1.CNC.[C-]1=CC=CC1.[CH3-].[CH3-].[CH3-].[CH3-].[CH3-].[Ti]. The van der Waals surface area contributed by atoms with Crippen LogP contribution in [0.2, 0.25) is 0 Å². The van der Waals surface area contributed by atoms with E-state index in [4.69, 9.17) is 0 Å². The fourth-order valence-corrected chi connectivity index (χ4v) is 1.80. The molecule has 0 fully saturated rings. The first kappa shape index (κ1) is 42.2. The van der Waals surface area contributed by atoms with Crippen LogP contribution in [0.5, 0.6) is 0 Å². The zero-order valence-corrected chi connectivity index (χ0v) is 21.6. The van der Waals surface area contributed by atoms with Crippen LogP contribution in [0.4, 0.5) is 0 Å². The van der Waals surface area contributed by atoms with Crippen molar-refractivity contribution in [3.05, 3.63) is 145 Å². The molecule has 1 aliphatic carbocycles. The molecule has 30 heavy (non-hydrogen) atoms. The molecule has 0 saturated heterocycles. The molecule has 1 aliphatic rings. The molecule has 0 radical (unpaired) electrons. The molecule has 0 spiro atoms. The number of benzene rings is 2. The Morgan fingerprint density at radius 1 is 0.700 bits per heavy atom. The summed E-state index contributed by atoms with van der Waals surface area (Å²) in [4.78, 5) is 0. The topological polar surface area (TPSA) is 12.0 Å². The van der Waals surface area contributed by atoms with Gasteiger partial charge in [0.15, 0.2) is 0 Å². The number of hydrogen-bond acceptors (Lipinski definition) is 1. The normalized spacial score (nSPS) is 9.53. The monoisotopic (exact) mass is 439 g/mol. The summed E-state index contributed by atoms with van der Waals surface area (Å²) in [6.07, 6.45) is 18.3. The Kier molecular flexibility index (Phi) is 44.7. The molecule has 0 amide bonds. The minimum Gasteiger partial charge on any atom is -0.358 e. The molecule has 2 heteroatoms. The van der Waals surface area contributed by atoms with Crippen LogP contribution in [-0.2, 0) is 21.7 Å². The summed E-state index contributed by atoms with van der Waals surface area (Å²) in [6.45, 7) is 0. The van der Waals surface area contributed by atoms with Crippen molar-refractivity contribution in [2.45, 2.75) is 6.42 Å². The fourth-order valence-electron chi connectivity index (χ4n) is 1.80. The Bertz CT molecular complexity index is 583. The maximum Gasteiger partial charge on any atom is 0 e. The number of rotatable bonds is 3. The van der Waals surface area contributed by atoms with Crippen molar-refractivity contribution in [1.29, 1.82) is 0 Å². The van der Waals surface area contributed by atoms with E-state index in [0.717, 1.165) is 6.42 Å². The summed E-state index contributed by atoms with van der Waals surface area (Å²) in [5.74, 6) is 0. The molecule has 3 rings (SSSR count). The van der Waals surface area contributed by atoms with Crippen LogP contribution < -0.4 is 5.32 Å². The predicted octanol–water partition coefficient (Wildman–Crippen LogP) is 7.80. The van der Waals surface area contributed by atoms with Crippen molar-refractivity contribution in [3.8, 4) is 0 Å². The van der Waals surface area contributed by atoms with Gasteiger partial charge in [-0.2, -0.15) is 6.08 Å². The molecule has 0 aromatic heterocycles. The molecule has 168 valence electrons. The van der Waals surface area contributed by atoms with Crippen molar-refractivity contribution < 1.29 is 21.7 Å². The van der Waals surface area contributed by atoms with Gasteiger partial charge in [-0.25, -0.2) is 12.2 Å². The molecular formula is C28H41NTi-6. The molecule has 0 bridgehead atoms. The Morgan fingerprint density at radius 2 is 1.07 bits per heavy atom. The molecule has 2 aromatic carbocycles. The quantitative estimate of drug-likeness (QED) is 0.292. The van der Waals surface area contributed by atoms with Crippen LogP contribution in [0.25, 0.3) is 12.2 Å². The fraction of sp³-hybridized carbons (Fsp3) is 0.107. The molecular weight excluding hydrogens is 398 g/mol. The van der Waals surface area contributed by atoms with Crippen molar-refractivity contribution in [2.24, 2.45) is 0 Å². The summed E-state index contributed by atoms with van der Waals surface area (Å²) in [5.41, 5.74) is 2.44. The van der Waals surface area contributed by atoms with Crippen LogP contribution in [0, 0.1) is 43.2 Å². The van der Waals surface area contributed by atoms with Crippen LogP contribution in [0.3, 0.4) is 0 Å². The molecule has 0 atom stereocenters. The van der Waals surface area contributed by atoms with Gasteiger partial charge < -0.3 is 42.5 Å². The first-order chi connectivity index (χ1) is 11.9. The second kappa shape index (κ2) is 31.8. The van der Waals surface area contributed by atoms with Crippen LogP contribution >= 0.6 is 0 Å².